The summed E-state index contributed by atoms with van der Waals surface area (Å²) < 4.78 is 70.2. The number of amides is 1. The quantitative estimate of drug-likeness (QED) is 0.309. The molecule has 1 aliphatic carbocycles. The minimum Gasteiger partial charge on any atom is -0.496 e. The molecule has 35 heavy (non-hydrogen) atoms. The summed E-state index contributed by atoms with van der Waals surface area (Å²) in [7, 11) is -2.22. The third-order valence-corrected chi connectivity index (χ3v) is 5.67. The number of rotatable bonds is 11. The van der Waals surface area contributed by atoms with Crippen molar-refractivity contribution in [2.45, 2.75) is 25.5 Å². The summed E-state index contributed by atoms with van der Waals surface area (Å²) in [5.74, 6) is -0.352. The van der Waals surface area contributed by atoms with Gasteiger partial charge in [0.1, 0.15) is 41.7 Å². The van der Waals surface area contributed by atoms with Crippen LogP contribution in [0.25, 0.3) is 16.9 Å². The number of methoxy groups -OCH3 is 1. The minimum absolute atomic E-state index is 0.00666. The molecular weight excluding hydrogens is 488 g/mol. The average Bonchev–Trinajstić information content (AvgIpc) is 3.50. The first-order valence-electron chi connectivity index (χ1n) is 10.6. The van der Waals surface area contributed by atoms with Crippen LogP contribution in [0.3, 0.4) is 0 Å². The number of carbonyl (C=O) groups is 1. The Kier molecular flexibility index (Phi) is 7.08. The Balaban J connectivity index is 1.63. The Morgan fingerprint density at radius 3 is 2.63 bits per heavy atom. The molecule has 2 aromatic heterocycles. The number of benzene rings is 1. The Hall–Kier alpha value is -3.45. The lowest BCUT2D eigenvalue weighted by atomic mass is 10.1. The normalized spacial score (nSPS) is 13.7. The molecule has 1 aromatic carbocycles. The van der Waals surface area contributed by atoms with Crippen molar-refractivity contribution in [3.05, 3.63) is 42.2 Å². The van der Waals surface area contributed by atoms with Crippen LogP contribution in [0.4, 0.5) is 8.78 Å². The number of pyridine rings is 1. The maximum atomic E-state index is 13.2. The first-order chi connectivity index (χ1) is 16.6. The van der Waals surface area contributed by atoms with Gasteiger partial charge in [-0.1, -0.05) is 0 Å². The van der Waals surface area contributed by atoms with Crippen molar-refractivity contribution in [2.75, 3.05) is 26.6 Å². The molecule has 1 amide bonds. The van der Waals surface area contributed by atoms with Crippen molar-refractivity contribution in [3.8, 4) is 28.5 Å². The fraction of sp³-hybridized carbons (Fsp3) is 0.364. The highest BCUT2D eigenvalue weighted by molar-refractivity contribution is 7.85. The number of ether oxygens (including phenoxy) is 3. The van der Waals surface area contributed by atoms with Gasteiger partial charge in [0, 0.05) is 23.9 Å². The second-order valence-electron chi connectivity index (χ2n) is 7.79. The fourth-order valence-electron chi connectivity index (χ4n) is 3.41. The predicted octanol–water partition coefficient (Wildman–Crippen LogP) is 2.86. The van der Waals surface area contributed by atoms with Crippen LogP contribution < -0.4 is 19.5 Å². The van der Waals surface area contributed by atoms with E-state index in [1.54, 1.807) is 28.8 Å². The third kappa shape index (κ3) is 6.17. The maximum absolute atomic E-state index is 13.2. The number of alkyl halides is 2. The first-order valence-corrected chi connectivity index (χ1v) is 12.4. The van der Waals surface area contributed by atoms with Gasteiger partial charge < -0.3 is 19.5 Å². The van der Waals surface area contributed by atoms with E-state index in [0.717, 1.165) is 19.1 Å². The van der Waals surface area contributed by atoms with Gasteiger partial charge in [-0.2, -0.15) is 17.2 Å². The number of nitrogens with zero attached hydrogens (tertiary/aromatic N) is 2. The first kappa shape index (κ1) is 24.7. The Labute approximate surface area is 199 Å². The molecule has 1 N–H and O–H groups in total. The topological polar surface area (TPSA) is 117 Å². The van der Waals surface area contributed by atoms with E-state index in [9.17, 15) is 22.0 Å². The molecule has 10 nitrogen and oxygen atoms in total. The molecule has 13 heteroatoms. The van der Waals surface area contributed by atoms with Crippen LogP contribution in [-0.2, 0) is 14.3 Å². The zero-order chi connectivity index (χ0) is 25.2. The predicted molar refractivity (Wildman–Crippen MR) is 121 cm³/mol. The van der Waals surface area contributed by atoms with E-state index in [2.05, 4.69) is 19.2 Å². The summed E-state index contributed by atoms with van der Waals surface area (Å²) in [6, 6.07) is 6.15. The van der Waals surface area contributed by atoms with Gasteiger partial charge in [-0.3, -0.25) is 13.4 Å². The van der Waals surface area contributed by atoms with Crippen molar-refractivity contribution in [2.24, 2.45) is 0 Å². The molecule has 3 aromatic rings. The lowest BCUT2D eigenvalue weighted by molar-refractivity contribution is -0.0502. The van der Waals surface area contributed by atoms with E-state index in [0.29, 0.717) is 22.7 Å². The molecule has 0 unspecified atom stereocenters. The van der Waals surface area contributed by atoms with E-state index in [-0.39, 0.29) is 36.3 Å². The number of hydrogen-bond donors (Lipinski definition) is 1. The molecule has 0 aliphatic heterocycles. The standard InChI is InChI=1S/C22H23F2N3O7S/c1-31-17-9-13(10-18(34-22(23)24)20(17)21(28)26-14-3-4-14)16-12-25-19-11-15(5-6-27(16)19)32-7-8-33-35(2,29)30/h5-6,9-12,14,22H,3-4,7-8H2,1-2H3,(H,26,28). The van der Waals surface area contributed by atoms with Gasteiger partial charge in [-0.05, 0) is 31.0 Å². The molecule has 0 spiro atoms. The molecule has 1 fully saturated rings. The highest BCUT2D eigenvalue weighted by atomic mass is 32.2. The fourth-order valence-corrected chi connectivity index (χ4v) is 3.78. The van der Waals surface area contributed by atoms with E-state index in [1.165, 1.54) is 19.4 Å². The van der Waals surface area contributed by atoms with Gasteiger partial charge in [-0.25, -0.2) is 4.98 Å². The molecule has 0 saturated heterocycles. The second-order valence-corrected chi connectivity index (χ2v) is 9.43. The van der Waals surface area contributed by atoms with Gasteiger partial charge in [0.25, 0.3) is 16.0 Å². The van der Waals surface area contributed by atoms with Crippen LogP contribution in [0.5, 0.6) is 17.2 Å². The SMILES string of the molecule is COc1cc(-c2cnc3cc(OCCOS(C)(=O)=O)ccn23)cc(OC(F)F)c1C(=O)NC1CC1. The van der Waals surface area contributed by atoms with Crippen LogP contribution in [0, 0.1) is 0 Å². The van der Waals surface area contributed by atoms with Crippen LogP contribution in [0.1, 0.15) is 23.2 Å². The largest absolute Gasteiger partial charge is 0.496 e. The van der Waals surface area contributed by atoms with Crippen molar-refractivity contribution >= 4 is 21.7 Å². The van der Waals surface area contributed by atoms with E-state index >= 15 is 0 Å². The Morgan fingerprint density at radius 1 is 1.23 bits per heavy atom. The van der Waals surface area contributed by atoms with Crippen LogP contribution >= 0.6 is 0 Å². The van der Waals surface area contributed by atoms with Crippen LogP contribution in [-0.4, -0.2) is 62.9 Å². The smallest absolute Gasteiger partial charge is 0.387 e. The zero-order valence-electron chi connectivity index (χ0n) is 18.9. The van der Waals surface area contributed by atoms with Gasteiger partial charge in [0.05, 0.1) is 25.3 Å². The van der Waals surface area contributed by atoms with E-state index in [1.807, 2.05) is 0 Å². The average molecular weight is 512 g/mol. The van der Waals surface area contributed by atoms with Gasteiger partial charge in [0.15, 0.2) is 0 Å². The molecule has 2 heterocycles. The number of halogens is 2. The van der Waals surface area contributed by atoms with Crippen molar-refractivity contribution < 1.29 is 40.4 Å². The summed E-state index contributed by atoms with van der Waals surface area (Å²) in [6.07, 6.45) is 5.78. The molecule has 0 atom stereocenters. The Morgan fingerprint density at radius 2 is 1.97 bits per heavy atom. The molecular formula is C22H23F2N3O7S. The van der Waals surface area contributed by atoms with Gasteiger partial charge in [0.2, 0.25) is 0 Å². The number of carbonyl (C=O) groups excluding carboxylic acids is 1. The summed E-state index contributed by atoms with van der Waals surface area (Å²) in [6.45, 7) is -3.28. The summed E-state index contributed by atoms with van der Waals surface area (Å²) in [4.78, 5) is 17.0. The number of nitrogens with one attached hydrogen (secondary N) is 1. The number of fused-ring (bicyclic) bond motifs is 1. The summed E-state index contributed by atoms with van der Waals surface area (Å²) in [5, 5.41) is 2.76. The number of hydrogen-bond acceptors (Lipinski definition) is 8. The Bertz CT molecular complexity index is 1340. The second kappa shape index (κ2) is 10.0. The highest BCUT2D eigenvalue weighted by Gasteiger charge is 2.29. The van der Waals surface area contributed by atoms with Crippen molar-refractivity contribution in [1.29, 1.82) is 0 Å². The van der Waals surface area contributed by atoms with Gasteiger partial charge in [-0.15, -0.1) is 0 Å². The maximum Gasteiger partial charge on any atom is 0.387 e. The minimum atomic E-state index is -3.56. The van der Waals surface area contributed by atoms with Gasteiger partial charge >= 0.3 is 6.61 Å². The third-order valence-electron chi connectivity index (χ3n) is 5.07. The molecule has 188 valence electrons. The molecule has 1 saturated carbocycles. The van der Waals surface area contributed by atoms with E-state index < -0.39 is 22.6 Å². The zero-order valence-corrected chi connectivity index (χ0v) is 19.7. The summed E-state index contributed by atoms with van der Waals surface area (Å²) in [5.41, 5.74) is 1.33. The molecule has 1 aliphatic rings. The molecule has 0 bridgehead atoms. The van der Waals surface area contributed by atoms with Crippen LogP contribution in [0.15, 0.2) is 36.7 Å². The number of aromatic nitrogens is 2. The van der Waals surface area contributed by atoms with Crippen molar-refractivity contribution in [1.82, 2.24) is 14.7 Å². The molecule has 4 rings (SSSR count). The van der Waals surface area contributed by atoms with Crippen LogP contribution in [0.2, 0.25) is 0 Å². The van der Waals surface area contributed by atoms with E-state index in [4.69, 9.17) is 9.47 Å². The lowest BCUT2D eigenvalue weighted by Crippen LogP contribution is -2.26. The summed E-state index contributed by atoms with van der Waals surface area (Å²) >= 11 is 0. The highest BCUT2D eigenvalue weighted by Crippen LogP contribution is 2.37. The number of imidazole rings is 1. The molecule has 0 radical (unpaired) electrons. The van der Waals surface area contributed by atoms with Crippen molar-refractivity contribution in [3.63, 3.8) is 0 Å². The monoisotopic (exact) mass is 511 g/mol. The lowest BCUT2D eigenvalue weighted by Gasteiger charge is -2.16.